The number of pyridine rings is 2. The second kappa shape index (κ2) is 7.56. The Bertz CT molecular complexity index is 1330. The van der Waals surface area contributed by atoms with Gasteiger partial charge in [0.15, 0.2) is 17.2 Å². The molecule has 4 aromatic rings. The number of piperazine rings is 1. The van der Waals surface area contributed by atoms with Crippen molar-refractivity contribution in [1.82, 2.24) is 29.5 Å². The molecule has 0 spiro atoms. The predicted octanol–water partition coefficient (Wildman–Crippen LogP) is 2.50. The summed E-state index contributed by atoms with van der Waals surface area (Å²) in [5.41, 5.74) is 2.89. The first-order valence-corrected chi connectivity index (χ1v) is 10.6. The van der Waals surface area contributed by atoms with E-state index in [2.05, 4.69) is 44.4 Å². The van der Waals surface area contributed by atoms with Crippen LogP contribution >= 0.6 is 0 Å². The van der Waals surface area contributed by atoms with Gasteiger partial charge < -0.3 is 19.9 Å². The Labute approximate surface area is 184 Å². The van der Waals surface area contributed by atoms with Gasteiger partial charge in [0.25, 0.3) is 5.91 Å². The summed E-state index contributed by atoms with van der Waals surface area (Å²) in [7, 11) is 1.82. The Hall–Kier alpha value is -3.53. The molecule has 5 heterocycles. The maximum absolute atomic E-state index is 14.4. The van der Waals surface area contributed by atoms with Gasteiger partial charge in [0.1, 0.15) is 5.52 Å². The monoisotopic (exact) mass is 436 g/mol. The van der Waals surface area contributed by atoms with E-state index in [0.29, 0.717) is 29.0 Å². The summed E-state index contributed by atoms with van der Waals surface area (Å²) < 4.78 is 17.7. The van der Waals surface area contributed by atoms with Crippen LogP contribution in [0.5, 0.6) is 0 Å². The lowest BCUT2D eigenvalue weighted by atomic mass is 10.1. The molecule has 9 nitrogen and oxygen atoms in total. The zero-order chi connectivity index (χ0) is 22.6. The SMILES string of the molecule is Cc1cn2cc(NC(=O)c3ncc(N4C[C@@H](C)N[C@@H](C)C4)c4cn(C)nc34)cc(F)c2n1. The number of nitrogens with zero attached hydrogens (tertiary/aromatic N) is 6. The lowest BCUT2D eigenvalue weighted by Gasteiger charge is -2.37. The number of anilines is 2. The van der Waals surface area contributed by atoms with Crippen molar-refractivity contribution in [3.05, 3.63) is 48.1 Å². The fourth-order valence-electron chi connectivity index (χ4n) is 4.49. The van der Waals surface area contributed by atoms with Crippen LogP contribution in [0, 0.1) is 12.7 Å². The number of carbonyl (C=O) groups is 1. The highest BCUT2D eigenvalue weighted by molar-refractivity contribution is 6.12. The summed E-state index contributed by atoms with van der Waals surface area (Å²) in [5.74, 6) is -0.956. The molecule has 10 heteroatoms. The van der Waals surface area contributed by atoms with Crippen LogP contribution in [-0.4, -0.2) is 55.2 Å². The highest BCUT2D eigenvalue weighted by Gasteiger charge is 2.25. The molecule has 0 bridgehead atoms. The summed E-state index contributed by atoms with van der Waals surface area (Å²) >= 11 is 0. The number of amides is 1. The number of aromatic nitrogens is 5. The van der Waals surface area contributed by atoms with Gasteiger partial charge in [-0.15, -0.1) is 0 Å². The third-order valence-corrected chi connectivity index (χ3v) is 5.64. The van der Waals surface area contributed by atoms with Gasteiger partial charge in [0.05, 0.1) is 23.3 Å². The molecule has 1 aliphatic heterocycles. The van der Waals surface area contributed by atoms with Crippen molar-refractivity contribution in [3.8, 4) is 0 Å². The van der Waals surface area contributed by atoms with Gasteiger partial charge >= 0.3 is 0 Å². The Morgan fingerprint density at radius 1 is 1.22 bits per heavy atom. The van der Waals surface area contributed by atoms with Crippen molar-refractivity contribution in [1.29, 1.82) is 0 Å². The molecule has 1 saturated heterocycles. The van der Waals surface area contributed by atoms with E-state index in [1.165, 1.54) is 6.07 Å². The van der Waals surface area contributed by atoms with Crippen LogP contribution in [0.15, 0.2) is 30.9 Å². The molecule has 166 valence electrons. The van der Waals surface area contributed by atoms with Gasteiger partial charge in [-0.1, -0.05) is 0 Å². The van der Waals surface area contributed by atoms with Crippen LogP contribution in [0.4, 0.5) is 15.8 Å². The van der Waals surface area contributed by atoms with E-state index in [-0.39, 0.29) is 11.3 Å². The van der Waals surface area contributed by atoms with E-state index < -0.39 is 11.7 Å². The zero-order valence-corrected chi connectivity index (χ0v) is 18.4. The third-order valence-electron chi connectivity index (χ3n) is 5.64. The number of halogens is 1. The van der Waals surface area contributed by atoms with Gasteiger partial charge in [0, 0.05) is 62.3 Å². The minimum Gasteiger partial charge on any atom is -0.367 e. The maximum Gasteiger partial charge on any atom is 0.276 e. The minimum absolute atomic E-state index is 0.197. The molecule has 2 atom stereocenters. The molecule has 0 radical (unpaired) electrons. The van der Waals surface area contributed by atoms with Crippen LogP contribution in [0.2, 0.25) is 0 Å². The van der Waals surface area contributed by atoms with Crippen molar-refractivity contribution in [2.24, 2.45) is 7.05 Å². The molecule has 0 aliphatic carbocycles. The normalized spacial score (nSPS) is 19.1. The fraction of sp³-hybridized carbons (Fsp3) is 0.364. The van der Waals surface area contributed by atoms with Gasteiger partial charge in [-0.3, -0.25) is 9.48 Å². The number of rotatable bonds is 3. The largest absolute Gasteiger partial charge is 0.367 e. The molecule has 5 rings (SSSR count). The number of carbonyl (C=O) groups excluding carboxylic acids is 1. The molecule has 1 fully saturated rings. The topological polar surface area (TPSA) is 92.4 Å². The average Bonchev–Trinajstić information content (AvgIpc) is 3.28. The summed E-state index contributed by atoms with van der Waals surface area (Å²) in [5, 5.41) is 11.6. The molecule has 0 unspecified atom stereocenters. The Morgan fingerprint density at radius 3 is 2.72 bits per heavy atom. The number of fused-ring (bicyclic) bond motifs is 2. The molecule has 0 saturated carbocycles. The lowest BCUT2D eigenvalue weighted by Crippen LogP contribution is -2.54. The van der Waals surface area contributed by atoms with E-state index in [1.54, 1.807) is 34.6 Å². The summed E-state index contributed by atoms with van der Waals surface area (Å²) in [6, 6.07) is 1.93. The summed E-state index contributed by atoms with van der Waals surface area (Å²) in [6.07, 6.45) is 6.96. The van der Waals surface area contributed by atoms with Crippen molar-refractivity contribution in [2.75, 3.05) is 23.3 Å². The van der Waals surface area contributed by atoms with Gasteiger partial charge in [-0.2, -0.15) is 5.10 Å². The van der Waals surface area contributed by atoms with Crippen LogP contribution < -0.4 is 15.5 Å². The highest BCUT2D eigenvalue weighted by Crippen LogP contribution is 2.29. The van der Waals surface area contributed by atoms with E-state index in [1.807, 2.05) is 13.2 Å². The molecule has 32 heavy (non-hydrogen) atoms. The predicted molar refractivity (Wildman–Crippen MR) is 121 cm³/mol. The quantitative estimate of drug-likeness (QED) is 0.513. The zero-order valence-electron chi connectivity index (χ0n) is 18.4. The standard InChI is InChI=1S/C22H25FN8O/c1-12-7-30(8-13(2)25-12)18-6-24-20(19-16(18)11-29(4)28-19)22(32)27-15-5-17(23)21-26-14(3)9-31(21)10-15/h5-6,9-13,25H,7-8H2,1-4H3,(H,27,32)/t12-,13+. The molecular weight excluding hydrogens is 411 g/mol. The van der Waals surface area contributed by atoms with E-state index in [4.69, 9.17) is 0 Å². The molecule has 2 N–H and O–H groups in total. The summed E-state index contributed by atoms with van der Waals surface area (Å²) in [4.78, 5) is 24.0. The number of imidazole rings is 1. The van der Waals surface area contributed by atoms with Crippen molar-refractivity contribution in [3.63, 3.8) is 0 Å². The van der Waals surface area contributed by atoms with Gasteiger partial charge in [-0.25, -0.2) is 14.4 Å². The number of hydrogen-bond donors (Lipinski definition) is 2. The summed E-state index contributed by atoms with van der Waals surface area (Å²) in [6.45, 7) is 7.76. The maximum atomic E-state index is 14.4. The van der Waals surface area contributed by atoms with Gasteiger partial charge in [0.2, 0.25) is 0 Å². The fourth-order valence-corrected chi connectivity index (χ4v) is 4.49. The smallest absolute Gasteiger partial charge is 0.276 e. The third kappa shape index (κ3) is 3.56. The van der Waals surface area contributed by atoms with Crippen molar-refractivity contribution >= 4 is 33.8 Å². The van der Waals surface area contributed by atoms with Crippen molar-refractivity contribution in [2.45, 2.75) is 32.9 Å². The first kappa shape index (κ1) is 20.4. The minimum atomic E-state index is -0.510. The number of hydrogen-bond acceptors (Lipinski definition) is 6. The highest BCUT2D eigenvalue weighted by atomic mass is 19.1. The second-order valence-electron chi connectivity index (χ2n) is 8.57. The van der Waals surface area contributed by atoms with Crippen LogP contribution in [0.3, 0.4) is 0 Å². The van der Waals surface area contributed by atoms with Gasteiger partial charge in [-0.05, 0) is 20.8 Å². The van der Waals surface area contributed by atoms with E-state index >= 15 is 0 Å². The van der Waals surface area contributed by atoms with E-state index in [9.17, 15) is 9.18 Å². The Balaban J connectivity index is 1.50. The number of aryl methyl sites for hydroxylation is 2. The first-order chi connectivity index (χ1) is 15.3. The molecule has 0 aromatic carbocycles. The van der Waals surface area contributed by atoms with Crippen LogP contribution in [-0.2, 0) is 7.05 Å². The molecule has 1 aliphatic rings. The molecule has 1 amide bonds. The molecular formula is C22H25FN8O. The Kier molecular flexibility index (Phi) is 4.81. The lowest BCUT2D eigenvalue weighted by molar-refractivity contribution is 0.102. The second-order valence-corrected chi connectivity index (χ2v) is 8.57. The van der Waals surface area contributed by atoms with Crippen LogP contribution in [0.1, 0.15) is 30.0 Å². The first-order valence-electron chi connectivity index (χ1n) is 10.6. The van der Waals surface area contributed by atoms with E-state index in [0.717, 1.165) is 24.2 Å². The average molecular weight is 436 g/mol. The van der Waals surface area contributed by atoms with Crippen molar-refractivity contribution < 1.29 is 9.18 Å². The van der Waals surface area contributed by atoms with Crippen LogP contribution in [0.25, 0.3) is 16.6 Å². The molecule has 4 aromatic heterocycles. The number of nitrogens with one attached hydrogen (secondary N) is 2. The Morgan fingerprint density at radius 2 is 1.97 bits per heavy atom.